The molecule has 0 aliphatic rings. The highest BCUT2D eigenvalue weighted by atomic mass is 14.7. The molecule has 0 saturated heterocycles. The van der Waals surface area contributed by atoms with E-state index in [1.807, 2.05) is 48.9 Å². The number of rotatable bonds is 15. The Kier molecular flexibility index (Phi) is 13.9. The van der Waals surface area contributed by atoms with Crippen LogP contribution in [0.2, 0.25) is 0 Å². The topological polar surface area (TPSA) is 38.7 Å². The van der Waals surface area contributed by atoms with Crippen LogP contribution >= 0.6 is 0 Å². The summed E-state index contributed by atoms with van der Waals surface area (Å²) in [6.07, 6.45) is 9.24. The standard InChI is InChI=1S/C73H55N3/c1-3-13-56(14-4-1)58-32-34-60(35-33-58)64-40-42-67(70(50-64)68-43-41-65(73-19-9-12-46-76-73)51-69(68)61-38-36-59(37-39-61)57-15-5-2-6-16-57)66-48-54(22-20-52-24-28-62(29-25-52)71-17-7-10-44-74-71)47-55(49-66)23-21-53-26-30-63(31-27-53)72-18-8-11-45-75-72/h1-19,24-51H,20-23H2. The third-order valence-corrected chi connectivity index (χ3v) is 14.5. The average molecular weight is 974 g/mol. The zero-order valence-electron chi connectivity index (χ0n) is 42.3. The van der Waals surface area contributed by atoms with Gasteiger partial charge in [-0.1, -0.05) is 218 Å². The quantitative estimate of drug-likeness (QED) is 0.103. The monoisotopic (exact) mass is 973 g/mol. The normalized spacial score (nSPS) is 11.1. The molecule has 362 valence electrons. The molecule has 0 atom stereocenters. The number of aromatic nitrogens is 3. The van der Waals surface area contributed by atoms with Crippen LogP contribution in [0.25, 0.3) is 101 Å². The molecule has 12 rings (SSSR count). The highest BCUT2D eigenvalue weighted by molar-refractivity contribution is 5.95. The summed E-state index contributed by atoms with van der Waals surface area (Å²) in [4.78, 5) is 14.0. The van der Waals surface area contributed by atoms with E-state index in [1.165, 1.54) is 66.8 Å². The second-order valence-corrected chi connectivity index (χ2v) is 19.5. The van der Waals surface area contributed by atoms with Gasteiger partial charge < -0.3 is 0 Å². The second kappa shape index (κ2) is 22.3. The van der Waals surface area contributed by atoms with Gasteiger partial charge in [-0.2, -0.15) is 0 Å². The van der Waals surface area contributed by atoms with Crippen LogP contribution in [0.1, 0.15) is 22.3 Å². The molecule has 3 nitrogen and oxygen atoms in total. The van der Waals surface area contributed by atoms with Crippen molar-refractivity contribution in [2.24, 2.45) is 0 Å². The average Bonchev–Trinajstić information content (AvgIpc) is 3.51. The lowest BCUT2D eigenvalue weighted by molar-refractivity contribution is 0.931. The minimum Gasteiger partial charge on any atom is -0.256 e. The van der Waals surface area contributed by atoms with Crippen LogP contribution in [0.4, 0.5) is 0 Å². The zero-order chi connectivity index (χ0) is 50.9. The van der Waals surface area contributed by atoms with Crippen molar-refractivity contribution in [2.75, 3.05) is 0 Å². The predicted molar refractivity (Wildman–Crippen MR) is 316 cm³/mol. The summed E-state index contributed by atoms with van der Waals surface area (Å²) in [5, 5.41) is 0. The number of benzene rings is 9. The fourth-order valence-corrected chi connectivity index (χ4v) is 10.4. The summed E-state index contributed by atoms with van der Waals surface area (Å²) in [5.74, 6) is 0. The van der Waals surface area contributed by atoms with Crippen LogP contribution in [0, 0.1) is 0 Å². The molecule has 0 N–H and O–H groups in total. The maximum atomic E-state index is 4.82. The number of aryl methyl sites for hydroxylation is 4. The molecule has 0 bridgehead atoms. The molecule has 12 aromatic rings. The first-order chi connectivity index (χ1) is 37.6. The largest absolute Gasteiger partial charge is 0.256 e. The number of hydrogen-bond acceptors (Lipinski definition) is 3. The predicted octanol–water partition coefficient (Wildman–Crippen LogP) is 18.4. The van der Waals surface area contributed by atoms with E-state index in [1.54, 1.807) is 0 Å². The maximum Gasteiger partial charge on any atom is 0.0702 e. The summed E-state index contributed by atoms with van der Waals surface area (Å²) in [6.45, 7) is 0. The van der Waals surface area contributed by atoms with E-state index in [4.69, 9.17) is 4.98 Å². The lowest BCUT2D eigenvalue weighted by Crippen LogP contribution is -1.98. The SMILES string of the molecule is c1ccc(-c2ccc(-c3ccc(-c4cc(CCc5ccc(-c6ccccn6)cc5)cc(CCc5ccc(-c6ccccn6)cc5)c4)c(-c4ccc(-c5ccccn5)cc4-c4ccc(-c5ccccc5)cc4)c3)cc2)cc1. The van der Waals surface area contributed by atoms with E-state index in [2.05, 4.69) is 247 Å². The molecule has 0 unspecified atom stereocenters. The Hall–Kier alpha value is -9.57. The van der Waals surface area contributed by atoms with Crippen LogP contribution in [0.3, 0.4) is 0 Å². The van der Waals surface area contributed by atoms with Gasteiger partial charge in [0.1, 0.15) is 0 Å². The summed E-state index contributed by atoms with van der Waals surface area (Å²) in [6, 6.07) is 96.7. The van der Waals surface area contributed by atoms with Crippen LogP contribution in [-0.2, 0) is 25.7 Å². The molecule has 0 spiro atoms. The number of hydrogen-bond donors (Lipinski definition) is 0. The van der Waals surface area contributed by atoms with Gasteiger partial charge in [-0.05, 0) is 163 Å². The third-order valence-electron chi connectivity index (χ3n) is 14.5. The lowest BCUT2D eigenvalue weighted by Gasteiger charge is -2.19. The summed E-state index contributed by atoms with van der Waals surface area (Å²) >= 11 is 0. The first-order valence-electron chi connectivity index (χ1n) is 26.3. The zero-order valence-corrected chi connectivity index (χ0v) is 42.3. The Morgan fingerprint density at radius 1 is 0.184 bits per heavy atom. The molecule has 3 heteroatoms. The fraction of sp³-hybridized carbons (Fsp3) is 0.0548. The van der Waals surface area contributed by atoms with E-state index in [9.17, 15) is 0 Å². The number of pyridine rings is 3. The van der Waals surface area contributed by atoms with Gasteiger partial charge in [0.15, 0.2) is 0 Å². The molecule has 76 heavy (non-hydrogen) atoms. The smallest absolute Gasteiger partial charge is 0.0702 e. The molecule has 9 aromatic carbocycles. The Bertz CT molecular complexity index is 3740. The third kappa shape index (κ3) is 10.9. The molecule has 0 saturated carbocycles. The molecule has 0 amide bonds. The van der Waals surface area contributed by atoms with Crippen molar-refractivity contribution >= 4 is 0 Å². The fourth-order valence-electron chi connectivity index (χ4n) is 10.4. The van der Waals surface area contributed by atoms with Crippen molar-refractivity contribution < 1.29 is 0 Å². The van der Waals surface area contributed by atoms with Crippen LogP contribution in [0.15, 0.2) is 286 Å². The van der Waals surface area contributed by atoms with Crippen LogP contribution < -0.4 is 0 Å². The van der Waals surface area contributed by atoms with Crippen LogP contribution in [-0.4, -0.2) is 15.0 Å². The van der Waals surface area contributed by atoms with Crippen molar-refractivity contribution in [1.82, 2.24) is 15.0 Å². The Labute approximate surface area is 446 Å². The molecule has 0 fully saturated rings. The second-order valence-electron chi connectivity index (χ2n) is 19.5. The van der Waals surface area contributed by atoms with Crippen molar-refractivity contribution in [3.8, 4) is 101 Å². The minimum atomic E-state index is 0.904. The summed E-state index contributed by atoms with van der Waals surface area (Å²) in [5.41, 5.74) is 25.7. The minimum absolute atomic E-state index is 0.904. The van der Waals surface area contributed by atoms with Gasteiger partial charge in [0.2, 0.25) is 0 Å². The molecule has 3 aromatic heterocycles. The van der Waals surface area contributed by atoms with Gasteiger partial charge in [-0.3, -0.25) is 15.0 Å². The highest BCUT2D eigenvalue weighted by Crippen LogP contribution is 2.43. The van der Waals surface area contributed by atoms with Gasteiger partial charge in [-0.25, -0.2) is 0 Å². The Balaban J connectivity index is 0.975. The first-order valence-corrected chi connectivity index (χ1v) is 26.3. The molecular weight excluding hydrogens is 919 g/mol. The van der Waals surface area contributed by atoms with Gasteiger partial charge in [0.25, 0.3) is 0 Å². The Morgan fingerprint density at radius 3 is 1.01 bits per heavy atom. The van der Waals surface area contributed by atoms with E-state index in [0.717, 1.165) is 81.7 Å². The van der Waals surface area contributed by atoms with E-state index in [-0.39, 0.29) is 0 Å². The highest BCUT2D eigenvalue weighted by Gasteiger charge is 2.18. The van der Waals surface area contributed by atoms with Gasteiger partial charge >= 0.3 is 0 Å². The van der Waals surface area contributed by atoms with E-state index in [0.29, 0.717) is 0 Å². The van der Waals surface area contributed by atoms with Crippen LogP contribution in [0.5, 0.6) is 0 Å². The van der Waals surface area contributed by atoms with E-state index < -0.39 is 0 Å². The van der Waals surface area contributed by atoms with Crippen molar-refractivity contribution in [3.05, 3.63) is 308 Å². The van der Waals surface area contributed by atoms with Gasteiger partial charge in [-0.15, -0.1) is 0 Å². The summed E-state index contributed by atoms with van der Waals surface area (Å²) in [7, 11) is 0. The molecule has 0 aliphatic carbocycles. The Morgan fingerprint density at radius 2 is 0.539 bits per heavy atom. The van der Waals surface area contributed by atoms with Crippen molar-refractivity contribution in [1.29, 1.82) is 0 Å². The maximum absolute atomic E-state index is 4.82. The summed E-state index contributed by atoms with van der Waals surface area (Å²) < 4.78 is 0. The van der Waals surface area contributed by atoms with Crippen molar-refractivity contribution in [2.45, 2.75) is 25.7 Å². The molecule has 3 heterocycles. The molecule has 0 aliphatic heterocycles. The first kappa shape index (κ1) is 47.4. The van der Waals surface area contributed by atoms with Gasteiger partial charge in [0, 0.05) is 35.3 Å². The van der Waals surface area contributed by atoms with Crippen molar-refractivity contribution in [3.63, 3.8) is 0 Å². The molecule has 0 radical (unpaired) electrons. The lowest BCUT2D eigenvalue weighted by atomic mass is 9.84. The van der Waals surface area contributed by atoms with Gasteiger partial charge in [0.05, 0.1) is 17.1 Å². The number of nitrogens with zero attached hydrogens (tertiary/aromatic N) is 3. The van der Waals surface area contributed by atoms with E-state index >= 15 is 0 Å². The molecular formula is C73H55N3.